The fourth-order valence-corrected chi connectivity index (χ4v) is 2.05. The molecule has 0 aromatic heterocycles. The van der Waals surface area contributed by atoms with Crippen molar-refractivity contribution in [1.29, 1.82) is 0 Å². The minimum Gasteiger partial charge on any atom is -0.488 e. The third-order valence-corrected chi connectivity index (χ3v) is 3.20. The van der Waals surface area contributed by atoms with Gasteiger partial charge in [-0.25, -0.2) is 8.78 Å². The lowest BCUT2D eigenvalue weighted by Crippen LogP contribution is -2.38. The van der Waals surface area contributed by atoms with Crippen LogP contribution in [0, 0.1) is 0 Å². The first-order chi connectivity index (χ1) is 11.1. The van der Waals surface area contributed by atoms with E-state index in [-0.39, 0.29) is 24.0 Å². The topological polar surface area (TPSA) is 36.9 Å². The number of nitrogens with one attached hydrogen (secondary N) is 1. The highest BCUT2D eigenvalue weighted by Gasteiger charge is 2.06. The summed E-state index contributed by atoms with van der Waals surface area (Å²) < 4.78 is 29.4. The Balaban J connectivity index is 0.00000529. The van der Waals surface area contributed by atoms with Gasteiger partial charge in [0, 0.05) is 27.2 Å². The van der Waals surface area contributed by atoms with E-state index in [2.05, 4.69) is 16.9 Å². The van der Waals surface area contributed by atoms with Crippen molar-refractivity contribution in [1.82, 2.24) is 10.2 Å². The van der Waals surface area contributed by atoms with Gasteiger partial charge in [-0.05, 0) is 30.5 Å². The predicted octanol–water partition coefficient (Wildman–Crippen LogP) is 3.92. The van der Waals surface area contributed by atoms with Crippen LogP contribution in [0.15, 0.2) is 41.9 Å². The van der Waals surface area contributed by atoms with E-state index in [1.807, 2.05) is 24.1 Å². The summed E-state index contributed by atoms with van der Waals surface area (Å²) in [6.07, 6.45) is 1.40. The molecule has 0 bridgehead atoms. The molecule has 1 N–H and O–H groups in total. The minimum atomic E-state index is -2.47. The summed E-state index contributed by atoms with van der Waals surface area (Å²) in [5.41, 5.74) is 0.942. The van der Waals surface area contributed by atoms with Crippen LogP contribution < -0.4 is 10.1 Å². The Kier molecular flexibility index (Phi) is 12.2. The number of nitrogens with zero attached hydrogens (tertiary/aromatic N) is 2. The second-order valence-corrected chi connectivity index (χ2v) is 5.10. The molecule has 0 aliphatic carbocycles. The molecule has 0 spiro atoms. The summed E-state index contributed by atoms with van der Waals surface area (Å²) in [5.74, 6) is 1.23. The number of unbranched alkanes of at least 4 members (excludes halogenated alkanes) is 1. The minimum absolute atomic E-state index is 0. The van der Waals surface area contributed by atoms with Gasteiger partial charge in [0.2, 0.25) is 0 Å². The Bertz CT molecular complexity index is 512. The largest absolute Gasteiger partial charge is 0.488 e. The first-order valence-corrected chi connectivity index (χ1v) is 7.59. The summed E-state index contributed by atoms with van der Waals surface area (Å²) in [5, 5.41) is 3.25. The molecule has 0 heterocycles. The van der Waals surface area contributed by atoms with Crippen LogP contribution in [0.5, 0.6) is 5.75 Å². The lowest BCUT2D eigenvalue weighted by molar-refractivity contribution is 0.0818. The van der Waals surface area contributed by atoms with Crippen molar-refractivity contribution >= 4 is 29.9 Å². The number of ether oxygens (including phenoxy) is 1. The maximum atomic E-state index is 12.2. The number of allylic oxidation sites excluding steroid dienone is 1. The number of hydrogen-bond acceptors (Lipinski definition) is 2. The van der Waals surface area contributed by atoms with E-state index in [0.717, 1.165) is 30.9 Å². The van der Waals surface area contributed by atoms with Crippen LogP contribution in [0.25, 0.3) is 0 Å². The number of benzene rings is 1. The van der Waals surface area contributed by atoms with Gasteiger partial charge >= 0.3 is 0 Å². The summed E-state index contributed by atoms with van der Waals surface area (Å²) in [4.78, 5) is 6.28. The van der Waals surface area contributed by atoms with E-state index in [4.69, 9.17) is 4.74 Å². The quantitative estimate of drug-likeness (QED) is 0.203. The Labute approximate surface area is 160 Å². The zero-order valence-electron chi connectivity index (χ0n) is 14.2. The summed E-state index contributed by atoms with van der Waals surface area (Å²) >= 11 is 0. The Morgan fingerprint density at radius 1 is 1.46 bits per heavy atom. The average molecular weight is 453 g/mol. The number of rotatable bonds is 9. The average Bonchev–Trinajstić information content (AvgIpc) is 2.54. The SMILES string of the molecule is C=CCCCN(C)C(=NC)NCc1cccc(OCC(F)F)c1.I. The third-order valence-electron chi connectivity index (χ3n) is 3.20. The monoisotopic (exact) mass is 453 g/mol. The van der Waals surface area contributed by atoms with Crippen LogP contribution in [0.1, 0.15) is 18.4 Å². The maximum Gasteiger partial charge on any atom is 0.272 e. The zero-order valence-corrected chi connectivity index (χ0v) is 16.5. The Hall–Kier alpha value is -1.38. The standard InChI is InChI=1S/C17H25F2N3O.HI/c1-4-5-6-10-22(3)17(20-2)21-12-14-8-7-9-15(11-14)23-13-16(18)19;/h4,7-9,11,16H,1,5-6,10,12-13H2,2-3H3,(H,20,21);1H. The zero-order chi connectivity index (χ0) is 17.1. The number of guanidine groups is 1. The van der Waals surface area contributed by atoms with Crippen LogP contribution >= 0.6 is 24.0 Å². The maximum absolute atomic E-state index is 12.2. The number of hydrogen-bond donors (Lipinski definition) is 1. The highest BCUT2D eigenvalue weighted by atomic mass is 127. The van der Waals surface area contributed by atoms with Crippen molar-refractivity contribution < 1.29 is 13.5 Å². The van der Waals surface area contributed by atoms with Gasteiger partial charge in [0.05, 0.1) is 0 Å². The molecule has 0 saturated carbocycles. The molecule has 0 aliphatic heterocycles. The number of halogens is 3. The van der Waals surface area contributed by atoms with E-state index in [1.54, 1.807) is 25.2 Å². The summed E-state index contributed by atoms with van der Waals surface area (Å²) in [7, 11) is 3.70. The van der Waals surface area contributed by atoms with Crippen LogP contribution in [-0.4, -0.2) is 44.5 Å². The Morgan fingerprint density at radius 2 is 2.21 bits per heavy atom. The third kappa shape index (κ3) is 9.05. The van der Waals surface area contributed by atoms with E-state index in [0.29, 0.717) is 12.3 Å². The van der Waals surface area contributed by atoms with Crippen LogP contribution in [-0.2, 0) is 6.54 Å². The highest BCUT2D eigenvalue weighted by Crippen LogP contribution is 2.14. The van der Waals surface area contributed by atoms with E-state index in [1.165, 1.54) is 0 Å². The molecule has 1 aromatic carbocycles. The van der Waals surface area contributed by atoms with Gasteiger partial charge in [-0.1, -0.05) is 18.2 Å². The van der Waals surface area contributed by atoms with E-state index >= 15 is 0 Å². The molecule has 4 nitrogen and oxygen atoms in total. The molecule has 0 unspecified atom stereocenters. The molecule has 1 rings (SSSR count). The normalized spacial score (nSPS) is 11.0. The second-order valence-electron chi connectivity index (χ2n) is 5.10. The van der Waals surface area contributed by atoms with E-state index in [9.17, 15) is 8.78 Å². The first-order valence-electron chi connectivity index (χ1n) is 7.59. The van der Waals surface area contributed by atoms with Gasteiger partial charge in [-0.2, -0.15) is 0 Å². The summed E-state index contributed by atoms with van der Waals surface area (Å²) in [6.45, 7) is 4.54. The van der Waals surface area contributed by atoms with Crippen molar-refractivity contribution in [2.24, 2.45) is 4.99 Å². The molecular weight excluding hydrogens is 427 g/mol. The predicted molar refractivity (Wildman–Crippen MR) is 106 cm³/mol. The number of alkyl halides is 2. The smallest absolute Gasteiger partial charge is 0.272 e. The van der Waals surface area contributed by atoms with Crippen LogP contribution in [0.2, 0.25) is 0 Å². The van der Waals surface area contributed by atoms with Crippen molar-refractivity contribution in [3.63, 3.8) is 0 Å². The first kappa shape index (κ1) is 22.6. The fourth-order valence-electron chi connectivity index (χ4n) is 2.05. The lowest BCUT2D eigenvalue weighted by Gasteiger charge is -2.22. The molecule has 0 aliphatic rings. The molecule has 0 saturated heterocycles. The highest BCUT2D eigenvalue weighted by molar-refractivity contribution is 14.0. The molecular formula is C17H26F2IN3O. The van der Waals surface area contributed by atoms with Gasteiger partial charge in [-0.3, -0.25) is 4.99 Å². The number of aliphatic imine (C=N–C) groups is 1. The van der Waals surface area contributed by atoms with Gasteiger partial charge < -0.3 is 15.0 Å². The molecule has 24 heavy (non-hydrogen) atoms. The second kappa shape index (κ2) is 13.0. The van der Waals surface area contributed by atoms with Crippen LogP contribution in [0.4, 0.5) is 8.78 Å². The Morgan fingerprint density at radius 3 is 2.83 bits per heavy atom. The molecule has 0 fully saturated rings. The molecule has 0 radical (unpaired) electrons. The van der Waals surface area contributed by atoms with Gasteiger partial charge in [0.15, 0.2) is 5.96 Å². The molecule has 136 valence electrons. The van der Waals surface area contributed by atoms with Crippen LogP contribution in [0.3, 0.4) is 0 Å². The van der Waals surface area contributed by atoms with Gasteiger partial charge in [0.25, 0.3) is 6.43 Å². The van der Waals surface area contributed by atoms with Gasteiger partial charge in [-0.15, -0.1) is 30.6 Å². The molecule has 7 heteroatoms. The lowest BCUT2D eigenvalue weighted by atomic mass is 10.2. The molecule has 1 aromatic rings. The fraction of sp³-hybridized carbons (Fsp3) is 0.471. The summed E-state index contributed by atoms with van der Waals surface area (Å²) in [6, 6.07) is 7.12. The molecule has 0 amide bonds. The van der Waals surface area contributed by atoms with Crippen molar-refractivity contribution in [2.45, 2.75) is 25.8 Å². The van der Waals surface area contributed by atoms with Crippen molar-refractivity contribution in [3.05, 3.63) is 42.5 Å². The van der Waals surface area contributed by atoms with Crippen molar-refractivity contribution in [2.75, 3.05) is 27.2 Å². The van der Waals surface area contributed by atoms with Crippen molar-refractivity contribution in [3.8, 4) is 5.75 Å². The molecule has 0 atom stereocenters. The van der Waals surface area contributed by atoms with E-state index < -0.39 is 13.0 Å². The van der Waals surface area contributed by atoms with Gasteiger partial charge in [0.1, 0.15) is 12.4 Å².